The zero-order chi connectivity index (χ0) is 13.5. The van der Waals surface area contributed by atoms with Gasteiger partial charge in [-0.1, -0.05) is 22.4 Å². The molecule has 3 rings (SSSR count). The molecule has 104 valence electrons. The smallest absolute Gasteiger partial charge is 0.124 e. The summed E-state index contributed by atoms with van der Waals surface area (Å²) in [5.41, 5.74) is 1.49. The van der Waals surface area contributed by atoms with Crippen molar-refractivity contribution in [2.75, 3.05) is 13.6 Å². The number of rotatable bonds is 4. The molecule has 0 amide bonds. The lowest BCUT2D eigenvalue weighted by Gasteiger charge is -2.38. The lowest BCUT2D eigenvalue weighted by Crippen LogP contribution is -2.39. The van der Waals surface area contributed by atoms with E-state index in [1.807, 2.05) is 7.05 Å². The molecule has 0 aliphatic heterocycles. The number of fused-ring (bicyclic) bond motifs is 2. The molecule has 0 saturated heterocycles. The maximum absolute atomic E-state index is 13.6. The number of halogens is 2. The summed E-state index contributed by atoms with van der Waals surface area (Å²) < 4.78 is 14.4. The van der Waals surface area contributed by atoms with Crippen molar-refractivity contribution in [1.82, 2.24) is 5.32 Å². The van der Waals surface area contributed by atoms with Crippen LogP contribution in [0.2, 0.25) is 0 Å². The van der Waals surface area contributed by atoms with Crippen LogP contribution in [0.4, 0.5) is 4.39 Å². The average Bonchev–Trinajstić information content (AvgIpc) is 2.88. The monoisotopic (exact) mass is 325 g/mol. The maximum Gasteiger partial charge on any atom is 0.124 e. The summed E-state index contributed by atoms with van der Waals surface area (Å²) in [4.78, 5) is 0. The Balaban J connectivity index is 1.86. The second-order valence-corrected chi connectivity index (χ2v) is 7.34. The summed E-state index contributed by atoms with van der Waals surface area (Å²) in [6.45, 7) is 1.06. The van der Waals surface area contributed by atoms with E-state index in [0.29, 0.717) is 5.41 Å². The minimum absolute atomic E-state index is 0.132. The van der Waals surface area contributed by atoms with Crippen LogP contribution in [0.25, 0.3) is 0 Å². The Bertz CT molecular complexity index is 456. The molecule has 19 heavy (non-hydrogen) atoms. The summed E-state index contributed by atoms with van der Waals surface area (Å²) in [5.74, 6) is 1.61. The Morgan fingerprint density at radius 1 is 1.37 bits per heavy atom. The van der Waals surface area contributed by atoms with E-state index in [1.165, 1.54) is 31.7 Å². The van der Waals surface area contributed by atoms with Crippen molar-refractivity contribution < 1.29 is 4.39 Å². The van der Waals surface area contributed by atoms with Crippen LogP contribution < -0.4 is 5.32 Å². The standard InChI is InChI=1S/C16H21BrFN/c1-19-10-16(8-11-2-3-13(16)4-11)9-12-5-14(17)7-15(18)6-12/h5-7,11,13,19H,2-4,8-10H2,1H3. The van der Waals surface area contributed by atoms with Gasteiger partial charge >= 0.3 is 0 Å². The molecule has 2 aliphatic carbocycles. The number of hydrogen-bond donors (Lipinski definition) is 1. The molecule has 1 nitrogen and oxygen atoms in total. The number of hydrogen-bond acceptors (Lipinski definition) is 1. The highest BCUT2D eigenvalue weighted by molar-refractivity contribution is 9.10. The third-order valence-corrected chi connectivity index (χ3v) is 5.57. The fourth-order valence-electron chi connectivity index (χ4n) is 4.53. The van der Waals surface area contributed by atoms with Crippen molar-refractivity contribution >= 4 is 15.9 Å². The fraction of sp³-hybridized carbons (Fsp3) is 0.625. The Morgan fingerprint density at radius 3 is 2.79 bits per heavy atom. The molecule has 3 unspecified atom stereocenters. The third-order valence-electron chi connectivity index (χ3n) is 5.11. The van der Waals surface area contributed by atoms with Gasteiger partial charge in [-0.2, -0.15) is 0 Å². The maximum atomic E-state index is 13.6. The predicted molar refractivity (Wildman–Crippen MR) is 79.6 cm³/mol. The van der Waals surface area contributed by atoms with E-state index in [1.54, 1.807) is 6.07 Å². The lowest BCUT2D eigenvalue weighted by atomic mass is 9.69. The van der Waals surface area contributed by atoms with E-state index in [9.17, 15) is 4.39 Å². The summed E-state index contributed by atoms with van der Waals surface area (Å²) in [7, 11) is 2.04. The van der Waals surface area contributed by atoms with Gasteiger partial charge in [0.25, 0.3) is 0 Å². The highest BCUT2D eigenvalue weighted by atomic mass is 79.9. The van der Waals surface area contributed by atoms with Crippen LogP contribution in [0.3, 0.4) is 0 Å². The van der Waals surface area contributed by atoms with Crippen molar-refractivity contribution in [2.24, 2.45) is 17.3 Å². The molecule has 2 aliphatic rings. The highest BCUT2D eigenvalue weighted by Gasteiger charge is 2.50. The van der Waals surface area contributed by atoms with Gasteiger partial charge in [-0.05, 0) is 73.7 Å². The van der Waals surface area contributed by atoms with E-state index < -0.39 is 0 Å². The molecule has 1 N–H and O–H groups in total. The molecule has 1 aromatic rings. The Labute approximate surface area is 123 Å². The van der Waals surface area contributed by atoms with Gasteiger partial charge in [-0.25, -0.2) is 4.39 Å². The Morgan fingerprint density at radius 2 is 2.21 bits per heavy atom. The highest BCUT2D eigenvalue weighted by Crippen LogP contribution is 2.57. The quantitative estimate of drug-likeness (QED) is 0.876. The largest absolute Gasteiger partial charge is 0.319 e. The molecule has 0 radical (unpaired) electrons. The second kappa shape index (κ2) is 5.17. The number of nitrogens with one attached hydrogen (secondary N) is 1. The summed E-state index contributed by atoms with van der Waals surface area (Å²) in [6, 6.07) is 5.32. The normalized spacial score (nSPS) is 33.0. The minimum Gasteiger partial charge on any atom is -0.319 e. The fourth-order valence-corrected chi connectivity index (χ4v) is 5.04. The number of benzene rings is 1. The molecule has 0 spiro atoms. The van der Waals surface area contributed by atoms with Gasteiger partial charge in [0.1, 0.15) is 5.82 Å². The molecule has 0 aromatic heterocycles. The van der Waals surface area contributed by atoms with Crippen LogP contribution in [0.1, 0.15) is 31.2 Å². The first kappa shape index (κ1) is 13.6. The summed E-state index contributed by atoms with van der Waals surface area (Å²) in [6.07, 6.45) is 6.47. The van der Waals surface area contributed by atoms with E-state index in [4.69, 9.17) is 0 Å². The van der Waals surface area contributed by atoms with Crippen LogP contribution in [-0.4, -0.2) is 13.6 Å². The van der Waals surface area contributed by atoms with Crippen LogP contribution in [0, 0.1) is 23.1 Å². The van der Waals surface area contributed by atoms with Gasteiger partial charge in [0.05, 0.1) is 0 Å². The van der Waals surface area contributed by atoms with Crippen molar-refractivity contribution in [1.29, 1.82) is 0 Å². The molecule has 2 fully saturated rings. The molecule has 0 heterocycles. The minimum atomic E-state index is -0.132. The van der Waals surface area contributed by atoms with E-state index in [2.05, 4.69) is 27.3 Å². The van der Waals surface area contributed by atoms with E-state index in [0.717, 1.165) is 34.8 Å². The molecular formula is C16H21BrFN. The summed E-state index contributed by atoms with van der Waals surface area (Å²) in [5, 5.41) is 3.38. The SMILES string of the molecule is CNCC1(Cc2cc(F)cc(Br)c2)CC2CCC1C2. The van der Waals surface area contributed by atoms with E-state index >= 15 is 0 Å². The van der Waals surface area contributed by atoms with Crippen molar-refractivity contribution in [3.63, 3.8) is 0 Å². The molecule has 3 heteroatoms. The first-order chi connectivity index (χ1) is 9.11. The van der Waals surface area contributed by atoms with Crippen molar-refractivity contribution in [2.45, 2.75) is 32.1 Å². The zero-order valence-corrected chi connectivity index (χ0v) is 13.0. The van der Waals surface area contributed by atoms with E-state index in [-0.39, 0.29) is 5.82 Å². The summed E-state index contributed by atoms with van der Waals surface area (Å²) >= 11 is 3.40. The van der Waals surface area contributed by atoms with Gasteiger partial charge in [-0.15, -0.1) is 0 Å². The molecular weight excluding hydrogens is 305 g/mol. The predicted octanol–water partition coefficient (Wildman–Crippen LogP) is 4.16. The lowest BCUT2D eigenvalue weighted by molar-refractivity contribution is 0.160. The Hall–Kier alpha value is -0.410. The molecule has 3 atom stereocenters. The first-order valence-electron chi connectivity index (χ1n) is 7.21. The third kappa shape index (κ3) is 2.59. The Kier molecular flexibility index (Phi) is 3.69. The second-order valence-electron chi connectivity index (χ2n) is 6.43. The molecule has 1 aromatic carbocycles. The van der Waals surface area contributed by atoms with Crippen molar-refractivity contribution in [3.05, 3.63) is 34.1 Å². The van der Waals surface area contributed by atoms with Gasteiger partial charge < -0.3 is 5.32 Å². The average molecular weight is 326 g/mol. The molecule has 2 bridgehead atoms. The van der Waals surface area contributed by atoms with Gasteiger partial charge in [0.2, 0.25) is 0 Å². The van der Waals surface area contributed by atoms with Gasteiger partial charge in [0, 0.05) is 11.0 Å². The molecule has 2 saturated carbocycles. The first-order valence-corrected chi connectivity index (χ1v) is 8.00. The van der Waals surface area contributed by atoms with Crippen LogP contribution in [0.15, 0.2) is 22.7 Å². The van der Waals surface area contributed by atoms with Gasteiger partial charge in [-0.3, -0.25) is 0 Å². The van der Waals surface area contributed by atoms with Crippen LogP contribution in [0.5, 0.6) is 0 Å². The zero-order valence-electron chi connectivity index (χ0n) is 11.4. The topological polar surface area (TPSA) is 12.0 Å². The van der Waals surface area contributed by atoms with Crippen LogP contribution >= 0.6 is 15.9 Å². The van der Waals surface area contributed by atoms with Crippen molar-refractivity contribution in [3.8, 4) is 0 Å². The van der Waals surface area contributed by atoms with Crippen LogP contribution in [-0.2, 0) is 6.42 Å². The van der Waals surface area contributed by atoms with Gasteiger partial charge in [0.15, 0.2) is 0 Å².